The number of anilines is 2. The summed E-state index contributed by atoms with van der Waals surface area (Å²) in [5.41, 5.74) is 4.85. The second-order valence-corrected chi connectivity index (χ2v) is 7.58. The van der Waals surface area contributed by atoms with Crippen LogP contribution in [0.1, 0.15) is 44.4 Å². The monoisotopic (exact) mass is 349 g/mol. The van der Waals surface area contributed by atoms with Crippen LogP contribution in [-0.2, 0) is 6.42 Å². The SMILES string of the molecule is Cc1cc(C)cc(Nc2ncc3c(n2)CC(c2cccs2)CC3=O)c1. The molecule has 1 N–H and O–H groups in total. The van der Waals surface area contributed by atoms with E-state index in [2.05, 4.69) is 58.8 Å². The number of fused-ring (bicyclic) bond motifs is 1. The summed E-state index contributed by atoms with van der Waals surface area (Å²) in [5, 5.41) is 5.33. The van der Waals surface area contributed by atoms with Gasteiger partial charge in [-0.3, -0.25) is 4.79 Å². The average molecular weight is 349 g/mol. The van der Waals surface area contributed by atoms with Gasteiger partial charge in [0.15, 0.2) is 5.78 Å². The topological polar surface area (TPSA) is 54.9 Å². The highest BCUT2D eigenvalue weighted by Crippen LogP contribution is 2.34. The first-order valence-electron chi connectivity index (χ1n) is 8.36. The molecular weight excluding hydrogens is 330 g/mol. The zero-order chi connectivity index (χ0) is 17.4. The van der Waals surface area contributed by atoms with Crippen molar-refractivity contribution in [2.24, 2.45) is 0 Å². The zero-order valence-corrected chi connectivity index (χ0v) is 15.1. The van der Waals surface area contributed by atoms with E-state index in [4.69, 9.17) is 0 Å². The van der Waals surface area contributed by atoms with Crippen LogP contribution in [0.2, 0.25) is 0 Å². The molecule has 4 nitrogen and oxygen atoms in total. The Morgan fingerprint density at radius 3 is 2.68 bits per heavy atom. The van der Waals surface area contributed by atoms with Crippen molar-refractivity contribution in [3.63, 3.8) is 0 Å². The van der Waals surface area contributed by atoms with Crippen molar-refractivity contribution in [1.29, 1.82) is 0 Å². The normalized spacial score (nSPS) is 16.6. The molecule has 3 aromatic rings. The zero-order valence-electron chi connectivity index (χ0n) is 14.2. The molecule has 0 bridgehead atoms. The molecule has 0 saturated carbocycles. The van der Waals surface area contributed by atoms with Gasteiger partial charge in [-0.2, -0.15) is 0 Å². The number of carbonyl (C=O) groups is 1. The molecule has 0 fully saturated rings. The highest BCUT2D eigenvalue weighted by molar-refractivity contribution is 7.10. The van der Waals surface area contributed by atoms with Gasteiger partial charge < -0.3 is 5.32 Å². The number of nitrogens with zero attached hydrogens (tertiary/aromatic N) is 2. The average Bonchev–Trinajstić information content (AvgIpc) is 3.08. The summed E-state index contributed by atoms with van der Waals surface area (Å²) in [7, 11) is 0. The Balaban J connectivity index is 1.63. The Kier molecular flexibility index (Phi) is 4.09. The third kappa shape index (κ3) is 3.33. The number of thiophene rings is 1. The standard InChI is InChI=1S/C20H19N3OS/c1-12-6-13(2)8-15(7-12)22-20-21-11-16-17(23-20)9-14(10-18(16)24)19-4-3-5-25-19/h3-8,11,14H,9-10H2,1-2H3,(H,21,22,23). The number of ketones is 1. The highest BCUT2D eigenvalue weighted by Gasteiger charge is 2.28. The molecule has 0 saturated heterocycles. The Labute approximate surface area is 151 Å². The Hall–Kier alpha value is -2.53. The molecule has 5 heteroatoms. The molecule has 4 rings (SSSR count). The van der Waals surface area contributed by atoms with Gasteiger partial charge in [0.25, 0.3) is 0 Å². The van der Waals surface area contributed by atoms with Gasteiger partial charge in [-0.15, -0.1) is 11.3 Å². The van der Waals surface area contributed by atoms with E-state index < -0.39 is 0 Å². The molecule has 1 aliphatic rings. The summed E-state index contributed by atoms with van der Waals surface area (Å²) in [6.07, 6.45) is 2.99. The lowest BCUT2D eigenvalue weighted by Crippen LogP contribution is -2.20. The predicted octanol–water partition coefficient (Wildman–Crippen LogP) is 4.81. The molecule has 1 atom stereocenters. The molecule has 2 aromatic heterocycles. The lowest BCUT2D eigenvalue weighted by molar-refractivity contribution is 0.0963. The Morgan fingerprint density at radius 1 is 1.16 bits per heavy atom. The fraction of sp³-hybridized carbons (Fsp3) is 0.250. The van der Waals surface area contributed by atoms with Crippen LogP contribution >= 0.6 is 11.3 Å². The molecule has 0 aliphatic heterocycles. The smallest absolute Gasteiger partial charge is 0.227 e. The van der Waals surface area contributed by atoms with Crippen LogP contribution in [0.15, 0.2) is 41.9 Å². The summed E-state index contributed by atoms with van der Waals surface area (Å²) in [4.78, 5) is 22.7. The minimum Gasteiger partial charge on any atom is -0.324 e. The Bertz CT molecular complexity index is 914. The molecule has 1 aliphatic carbocycles. The molecule has 1 unspecified atom stereocenters. The molecule has 0 amide bonds. The van der Waals surface area contributed by atoms with Crippen molar-refractivity contribution in [2.45, 2.75) is 32.6 Å². The van der Waals surface area contributed by atoms with E-state index in [1.165, 1.54) is 16.0 Å². The summed E-state index contributed by atoms with van der Waals surface area (Å²) in [6.45, 7) is 4.13. The summed E-state index contributed by atoms with van der Waals surface area (Å²) >= 11 is 1.70. The summed E-state index contributed by atoms with van der Waals surface area (Å²) in [6, 6.07) is 10.4. The summed E-state index contributed by atoms with van der Waals surface area (Å²) in [5.74, 6) is 0.907. The number of nitrogens with one attached hydrogen (secondary N) is 1. The van der Waals surface area contributed by atoms with Gasteiger partial charge in [-0.1, -0.05) is 12.1 Å². The molecule has 25 heavy (non-hydrogen) atoms. The van der Waals surface area contributed by atoms with E-state index in [1.54, 1.807) is 17.5 Å². The number of carbonyl (C=O) groups excluding carboxylic acids is 1. The van der Waals surface area contributed by atoms with Crippen LogP contribution in [0.25, 0.3) is 0 Å². The second-order valence-electron chi connectivity index (χ2n) is 6.60. The van der Waals surface area contributed by atoms with Crippen LogP contribution < -0.4 is 5.32 Å². The van der Waals surface area contributed by atoms with Crippen LogP contribution in [-0.4, -0.2) is 15.8 Å². The fourth-order valence-corrected chi connectivity index (χ4v) is 4.24. The number of rotatable bonds is 3. The lowest BCUT2D eigenvalue weighted by atomic mass is 9.86. The first-order valence-corrected chi connectivity index (χ1v) is 9.24. The molecule has 1 aromatic carbocycles. The predicted molar refractivity (Wildman–Crippen MR) is 101 cm³/mol. The van der Waals surface area contributed by atoms with Crippen molar-refractivity contribution in [1.82, 2.24) is 9.97 Å². The van der Waals surface area contributed by atoms with E-state index in [0.717, 1.165) is 17.8 Å². The minimum atomic E-state index is 0.137. The molecule has 126 valence electrons. The molecule has 2 heterocycles. The third-order valence-electron chi connectivity index (χ3n) is 4.46. The van der Waals surface area contributed by atoms with E-state index in [9.17, 15) is 4.79 Å². The maximum atomic E-state index is 12.5. The highest BCUT2D eigenvalue weighted by atomic mass is 32.1. The lowest BCUT2D eigenvalue weighted by Gasteiger charge is -2.22. The van der Waals surface area contributed by atoms with Gasteiger partial charge in [-0.25, -0.2) is 9.97 Å². The maximum Gasteiger partial charge on any atom is 0.227 e. The van der Waals surface area contributed by atoms with Crippen LogP contribution in [0.5, 0.6) is 0 Å². The van der Waals surface area contributed by atoms with Gasteiger partial charge >= 0.3 is 0 Å². The number of benzene rings is 1. The van der Waals surface area contributed by atoms with Gasteiger partial charge in [0.2, 0.25) is 5.95 Å². The van der Waals surface area contributed by atoms with E-state index >= 15 is 0 Å². The summed E-state index contributed by atoms with van der Waals surface area (Å²) < 4.78 is 0. The van der Waals surface area contributed by atoms with Crippen molar-refractivity contribution in [2.75, 3.05) is 5.32 Å². The maximum absolute atomic E-state index is 12.5. The fourth-order valence-electron chi connectivity index (χ4n) is 3.41. The number of aromatic nitrogens is 2. The molecular formula is C20H19N3OS. The van der Waals surface area contributed by atoms with Crippen molar-refractivity contribution >= 4 is 28.8 Å². The number of hydrogen-bond donors (Lipinski definition) is 1. The van der Waals surface area contributed by atoms with Crippen molar-refractivity contribution in [3.05, 3.63) is 69.2 Å². The van der Waals surface area contributed by atoms with Gasteiger partial charge in [0, 0.05) is 29.1 Å². The number of aryl methyl sites for hydroxylation is 2. The minimum absolute atomic E-state index is 0.137. The quantitative estimate of drug-likeness (QED) is 0.737. The van der Waals surface area contributed by atoms with Gasteiger partial charge in [-0.05, 0) is 55.0 Å². The van der Waals surface area contributed by atoms with Crippen LogP contribution in [0, 0.1) is 13.8 Å². The number of Topliss-reactive ketones (excluding diaryl/α,β-unsaturated/α-hetero) is 1. The van der Waals surface area contributed by atoms with Crippen molar-refractivity contribution < 1.29 is 4.79 Å². The first kappa shape index (κ1) is 16.0. The van der Waals surface area contributed by atoms with E-state index in [1.807, 2.05) is 6.07 Å². The third-order valence-corrected chi connectivity index (χ3v) is 5.50. The van der Waals surface area contributed by atoms with Gasteiger partial charge in [0.05, 0.1) is 11.3 Å². The number of hydrogen-bond acceptors (Lipinski definition) is 5. The molecule has 0 radical (unpaired) electrons. The van der Waals surface area contributed by atoms with E-state index in [-0.39, 0.29) is 11.7 Å². The largest absolute Gasteiger partial charge is 0.324 e. The van der Waals surface area contributed by atoms with Crippen molar-refractivity contribution in [3.8, 4) is 0 Å². The first-order chi connectivity index (χ1) is 12.1. The van der Waals surface area contributed by atoms with Crippen LogP contribution in [0.4, 0.5) is 11.6 Å². The van der Waals surface area contributed by atoms with E-state index in [0.29, 0.717) is 17.9 Å². The molecule has 0 spiro atoms. The second kappa shape index (κ2) is 6.41. The Morgan fingerprint density at radius 2 is 1.96 bits per heavy atom. The van der Waals surface area contributed by atoms with Crippen LogP contribution in [0.3, 0.4) is 0 Å². The van der Waals surface area contributed by atoms with Gasteiger partial charge in [0.1, 0.15) is 0 Å².